The van der Waals surface area contributed by atoms with Gasteiger partial charge in [0.05, 0.1) is 17.0 Å². The van der Waals surface area contributed by atoms with Crippen molar-refractivity contribution in [3.8, 4) is 0 Å². The standard InChI is InChI=1S/C20H26N4O2/c1-14-22-17-8-4-5-9-18(17)23(14)11-10-21-20(26)15-12-19(25)24(13-15)16-6-2-3-7-16/h4-5,8-9,15-16H,2-3,6-7,10-13H2,1H3,(H,21,26). The van der Waals surface area contributed by atoms with E-state index in [-0.39, 0.29) is 17.7 Å². The Morgan fingerprint density at radius 2 is 2.04 bits per heavy atom. The summed E-state index contributed by atoms with van der Waals surface area (Å²) in [6, 6.07) is 8.39. The van der Waals surface area contributed by atoms with E-state index in [0.29, 0.717) is 32.1 Å². The largest absolute Gasteiger partial charge is 0.354 e. The zero-order valence-corrected chi connectivity index (χ0v) is 15.3. The number of aromatic nitrogens is 2. The second-order valence-electron chi connectivity index (χ2n) is 7.48. The second kappa shape index (κ2) is 7.09. The average molecular weight is 354 g/mol. The summed E-state index contributed by atoms with van der Waals surface area (Å²) in [6.07, 6.45) is 4.93. The normalized spacial score (nSPS) is 21.0. The Balaban J connectivity index is 1.33. The van der Waals surface area contributed by atoms with E-state index in [0.717, 1.165) is 29.7 Å². The highest BCUT2D eigenvalue weighted by Gasteiger charge is 2.38. The Bertz CT molecular complexity index is 822. The van der Waals surface area contributed by atoms with Crippen LogP contribution < -0.4 is 5.32 Å². The number of para-hydroxylation sites is 2. The lowest BCUT2D eigenvalue weighted by molar-refractivity contribution is -0.130. The number of amides is 2. The highest BCUT2D eigenvalue weighted by Crippen LogP contribution is 2.29. The summed E-state index contributed by atoms with van der Waals surface area (Å²) in [6.45, 7) is 3.80. The molecular weight excluding hydrogens is 328 g/mol. The minimum Gasteiger partial charge on any atom is -0.354 e. The third-order valence-electron chi connectivity index (χ3n) is 5.77. The number of imidazole rings is 1. The molecule has 1 aliphatic carbocycles. The number of fused-ring (bicyclic) bond motifs is 1. The third-order valence-corrected chi connectivity index (χ3v) is 5.77. The molecule has 1 N–H and O–H groups in total. The van der Waals surface area contributed by atoms with E-state index in [4.69, 9.17) is 0 Å². The van der Waals surface area contributed by atoms with Gasteiger partial charge in [0.2, 0.25) is 11.8 Å². The van der Waals surface area contributed by atoms with Gasteiger partial charge in [-0.25, -0.2) is 4.98 Å². The van der Waals surface area contributed by atoms with E-state index in [9.17, 15) is 9.59 Å². The van der Waals surface area contributed by atoms with Crippen LogP contribution in [0.2, 0.25) is 0 Å². The van der Waals surface area contributed by atoms with Crippen LogP contribution in [0.4, 0.5) is 0 Å². The molecule has 0 spiro atoms. The molecule has 2 heterocycles. The van der Waals surface area contributed by atoms with Crippen molar-refractivity contribution in [2.45, 2.75) is 51.6 Å². The first-order valence-electron chi connectivity index (χ1n) is 9.62. The lowest BCUT2D eigenvalue weighted by Gasteiger charge is -2.23. The van der Waals surface area contributed by atoms with E-state index < -0.39 is 0 Å². The van der Waals surface area contributed by atoms with Gasteiger partial charge in [-0.3, -0.25) is 9.59 Å². The van der Waals surface area contributed by atoms with E-state index >= 15 is 0 Å². The van der Waals surface area contributed by atoms with Gasteiger partial charge >= 0.3 is 0 Å². The van der Waals surface area contributed by atoms with Crippen LogP contribution >= 0.6 is 0 Å². The van der Waals surface area contributed by atoms with E-state index in [1.165, 1.54) is 12.8 Å². The van der Waals surface area contributed by atoms with Crippen LogP contribution in [0.15, 0.2) is 24.3 Å². The molecule has 2 aromatic rings. The molecule has 1 aromatic heterocycles. The van der Waals surface area contributed by atoms with Crippen molar-refractivity contribution in [1.29, 1.82) is 0 Å². The Morgan fingerprint density at radius 3 is 2.85 bits per heavy atom. The number of carbonyl (C=O) groups is 2. The van der Waals surface area contributed by atoms with Crippen molar-refractivity contribution in [3.05, 3.63) is 30.1 Å². The van der Waals surface area contributed by atoms with Gasteiger partial charge in [-0.2, -0.15) is 0 Å². The molecule has 6 heteroatoms. The number of carbonyl (C=O) groups excluding carboxylic acids is 2. The van der Waals surface area contributed by atoms with E-state index in [1.807, 2.05) is 36.1 Å². The van der Waals surface area contributed by atoms with Gasteiger partial charge < -0.3 is 14.8 Å². The molecule has 2 fully saturated rings. The maximum absolute atomic E-state index is 12.5. The van der Waals surface area contributed by atoms with Crippen LogP contribution in [-0.4, -0.2) is 45.4 Å². The minimum absolute atomic E-state index is 0.000853. The first-order chi connectivity index (χ1) is 12.6. The maximum Gasteiger partial charge on any atom is 0.225 e. The van der Waals surface area contributed by atoms with Crippen LogP contribution in [0.25, 0.3) is 11.0 Å². The van der Waals surface area contributed by atoms with E-state index in [1.54, 1.807) is 0 Å². The van der Waals surface area contributed by atoms with Crippen LogP contribution in [0.3, 0.4) is 0 Å². The van der Waals surface area contributed by atoms with Crippen molar-refractivity contribution in [2.24, 2.45) is 5.92 Å². The SMILES string of the molecule is Cc1nc2ccccc2n1CCNC(=O)C1CC(=O)N(C2CCCC2)C1. The van der Waals surface area contributed by atoms with Crippen LogP contribution in [0.5, 0.6) is 0 Å². The summed E-state index contributed by atoms with van der Waals surface area (Å²) in [5, 5.41) is 3.02. The average Bonchev–Trinajstić information content (AvgIpc) is 3.34. The Labute approximate surface area is 153 Å². The Kier molecular flexibility index (Phi) is 4.66. The van der Waals surface area contributed by atoms with Gasteiger partial charge in [0.25, 0.3) is 0 Å². The number of hydrogen-bond donors (Lipinski definition) is 1. The molecule has 1 aromatic carbocycles. The summed E-state index contributed by atoms with van der Waals surface area (Å²) in [4.78, 5) is 31.3. The molecule has 26 heavy (non-hydrogen) atoms. The topological polar surface area (TPSA) is 67.2 Å². The van der Waals surface area contributed by atoms with E-state index in [2.05, 4.69) is 14.9 Å². The van der Waals surface area contributed by atoms with Gasteiger partial charge in [-0.1, -0.05) is 25.0 Å². The monoisotopic (exact) mass is 354 g/mol. The van der Waals surface area contributed by atoms with Gasteiger partial charge in [0.15, 0.2) is 0 Å². The lowest BCUT2D eigenvalue weighted by atomic mass is 10.1. The molecule has 1 unspecified atom stereocenters. The van der Waals surface area contributed by atoms with Gasteiger partial charge in [-0.05, 0) is 31.9 Å². The number of likely N-dealkylation sites (tertiary alicyclic amines) is 1. The zero-order chi connectivity index (χ0) is 18.1. The van der Waals surface area contributed by atoms with Crippen molar-refractivity contribution >= 4 is 22.8 Å². The van der Waals surface area contributed by atoms with Crippen molar-refractivity contribution in [2.75, 3.05) is 13.1 Å². The van der Waals surface area contributed by atoms with Crippen LogP contribution in [0, 0.1) is 12.8 Å². The van der Waals surface area contributed by atoms with Crippen molar-refractivity contribution < 1.29 is 9.59 Å². The molecule has 4 rings (SSSR count). The molecule has 1 aliphatic heterocycles. The second-order valence-corrected chi connectivity index (χ2v) is 7.48. The molecular formula is C20H26N4O2. The molecule has 2 aliphatic rings. The Hall–Kier alpha value is -2.37. The summed E-state index contributed by atoms with van der Waals surface area (Å²) in [7, 11) is 0. The molecule has 6 nitrogen and oxygen atoms in total. The molecule has 1 atom stereocenters. The first-order valence-corrected chi connectivity index (χ1v) is 9.62. The van der Waals surface area contributed by atoms with Gasteiger partial charge in [-0.15, -0.1) is 0 Å². The summed E-state index contributed by atoms with van der Waals surface area (Å²) < 4.78 is 2.13. The van der Waals surface area contributed by atoms with Crippen molar-refractivity contribution in [3.63, 3.8) is 0 Å². The predicted molar refractivity (Wildman–Crippen MR) is 99.6 cm³/mol. The van der Waals surface area contributed by atoms with Crippen molar-refractivity contribution in [1.82, 2.24) is 19.8 Å². The zero-order valence-electron chi connectivity index (χ0n) is 15.3. The number of benzene rings is 1. The van der Waals surface area contributed by atoms with Gasteiger partial charge in [0.1, 0.15) is 5.82 Å². The molecule has 0 radical (unpaired) electrons. The Morgan fingerprint density at radius 1 is 1.27 bits per heavy atom. The number of rotatable bonds is 5. The molecule has 1 saturated carbocycles. The lowest BCUT2D eigenvalue weighted by Crippen LogP contribution is -2.37. The summed E-state index contributed by atoms with van der Waals surface area (Å²) in [5.74, 6) is 0.891. The smallest absolute Gasteiger partial charge is 0.225 e. The molecule has 138 valence electrons. The number of nitrogens with zero attached hydrogens (tertiary/aromatic N) is 3. The molecule has 1 saturated heterocycles. The number of nitrogens with one attached hydrogen (secondary N) is 1. The number of hydrogen-bond acceptors (Lipinski definition) is 3. The predicted octanol–water partition coefficient (Wildman–Crippen LogP) is 2.25. The summed E-state index contributed by atoms with van der Waals surface area (Å²) in [5.41, 5.74) is 2.06. The fourth-order valence-corrected chi connectivity index (χ4v) is 4.39. The summed E-state index contributed by atoms with van der Waals surface area (Å²) >= 11 is 0. The number of aryl methyl sites for hydroxylation is 1. The highest BCUT2D eigenvalue weighted by molar-refractivity contribution is 5.89. The minimum atomic E-state index is -0.205. The molecule has 2 amide bonds. The van der Waals surface area contributed by atoms with Crippen LogP contribution in [-0.2, 0) is 16.1 Å². The highest BCUT2D eigenvalue weighted by atomic mass is 16.2. The maximum atomic E-state index is 12.5. The van der Waals surface area contributed by atoms with Crippen LogP contribution in [0.1, 0.15) is 37.9 Å². The fourth-order valence-electron chi connectivity index (χ4n) is 4.39. The quantitative estimate of drug-likeness (QED) is 0.895. The first kappa shape index (κ1) is 17.1. The third kappa shape index (κ3) is 3.20. The molecule has 0 bridgehead atoms. The fraction of sp³-hybridized carbons (Fsp3) is 0.550. The van der Waals surface area contributed by atoms with Gasteiger partial charge in [0, 0.05) is 32.1 Å².